The first-order valence-electron chi connectivity index (χ1n) is 11.4. The van der Waals surface area contributed by atoms with Crippen molar-refractivity contribution >= 4 is 22.7 Å². The minimum absolute atomic E-state index is 0.645. The van der Waals surface area contributed by atoms with Crippen molar-refractivity contribution in [2.75, 3.05) is 16.8 Å². The van der Waals surface area contributed by atoms with Gasteiger partial charge in [0.15, 0.2) is 0 Å². The van der Waals surface area contributed by atoms with Crippen LogP contribution in [0.2, 0.25) is 0 Å². The number of benzene rings is 5. The highest BCUT2D eigenvalue weighted by Gasteiger charge is 2.05. The number of anilines is 4. The van der Waals surface area contributed by atoms with Crippen LogP contribution in [0.25, 0.3) is 0 Å². The molecular formula is C30H25N3O3. The van der Waals surface area contributed by atoms with Gasteiger partial charge in [0, 0.05) is 53.1 Å². The summed E-state index contributed by atoms with van der Waals surface area (Å²) in [6.45, 7) is 0. The van der Waals surface area contributed by atoms with E-state index in [1.54, 1.807) is 12.1 Å². The zero-order valence-corrected chi connectivity index (χ0v) is 19.4. The summed E-state index contributed by atoms with van der Waals surface area (Å²) in [7, 11) is 0. The van der Waals surface area contributed by atoms with E-state index < -0.39 is 0 Å². The number of nitrogens with two attached hydrogens (primary N) is 2. The molecule has 0 amide bonds. The summed E-state index contributed by atoms with van der Waals surface area (Å²) in [4.78, 5) is 0. The fourth-order valence-electron chi connectivity index (χ4n) is 3.61. The van der Waals surface area contributed by atoms with Crippen LogP contribution in [-0.4, -0.2) is 0 Å². The van der Waals surface area contributed by atoms with Gasteiger partial charge in [-0.05, 0) is 60.7 Å². The van der Waals surface area contributed by atoms with Crippen LogP contribution in [-0.2, 0) is 0 Å². The first-order valence-corrected chi connectivity index (χ1v) is 11.4. The SMILES string of the molecule is Nc1cccc(Oc2cccc(Nc3cccc(Oc4cccc(Oc5cccc(N)c5)c4)c3)c2)c1. The molecule has 6 heteroatoms. The molecule has 0 saturated heterocycles. The topological polar surface area (TPSA) is 91.8 Å². The van der Waals surface area contributed by atoms with Crippen molar-refractivity contribution < 1.29 is 14.2 Å². The maximum Gasteiger partial charge on any atom is 0.131 e. The lowest BCUT2D eigenvalue weighted by Crippen LogP contribution is -1.93. The van der Waals surface area contributed by atoms with Crippen molar-refractivity contribution in [3.05, 3.63) is 121 Å². The van der Waals surface area contributed by atoms with E-state index in [0.717, 1.165) is 11.4 Å². The Labute approximate surface area is 209 Å². The lowest BCUT2D eigenvalue weighted by atomic mass is 10.2. The standard InChI is InChI=1S/C30H25N3O3/c31-21-6-1-10-25(16-21)34-27-12-3-8-23(18-27)33-24-9-4-13-28(19-24)36-30-15-5-14-29(20-30)35-26-11-2-7-22(32)17-26/h1-20,33H,31-32H2. The minimum Gasteiger partial charge on any atom is -0.457 e. The van der Waals surface area contributed by atoms with Gasteiger partial charge in [-0.2, -0.15) is 0 Å². The van der Waals surface area contributed by atoms with Crippen molar-refractivity contribution in [2.45, 2.75) is 0 Å². The molecule has 0 aromatic heterocycles. The maximum atomic E-state index is 6.09. The number of hydrogen-bond acceptors (Lipinski definition) is 6. The number of nitrogens with one attached hydrogen (secondary N) is 1. The Balaban J connectivity index is 1.26. The van der Waals surface area contributed by atoms with E-state index in [-0.39, 0.29) is 0 Å². The zero-order chi connectivity index (χ0) is 24.7. The van der Waals surface area contributed by atoms with E-state index in [2.05, 4.69) is 5.32 Å². The van der Waals surface area contributed by atoms with Gasteiger partial charge in [-0.25, -0.2) is 0 Å². The second kappa shape index (κ2) is 10.4. The van der Waals surface area contributed by atoms with Gasteiger partial charge in [-0.15, -0.1) is 0 Å². The molecule has 0 aliphatic heterocycles. The van der Waals surface area contributed by atoms with Crippen molar-refractivity contribution in [1.82, 2.24) is 0 Å². The summed E-state index contributed by atoms with van der Waals surface area (Å²) in [6, 6.07) is 37.5. The van der Waals surface area contributed by atoms with Gasteiger partial charge >= 0.3 is 0 Å². The van der Waals surface area contributed by atoms with Crippen LogP contribution >= 0.6 is 0 Å². The lowest BCUT2D eigenvalue weighted by molar-refractivity contribution is 0.460. The molecule has 5 N–H and O–H groups in total. The molecule has 0 aliphatic rings. The lowest BCUT2D eigenvalue weighted by Gasteiger charge is -2.12. The van der Waals surface area contributed by atoms with Crippen molar-refractivity contribution in [3.63, 3.8) is 0 Å². The van der Waals surface area contributed by atoms with E-state index >= 15 is 0 Å². The summed E-state index contributed by atoms with van der Waals surface area (Å²) in [6.07, 6.45) is 0. The van der Waals surface area contributed by atoms with Gasteiger partial charge in [0.05, 0.1) is 0 Å². The Hall–Kier alpha value is -5.10. The highest BCUT2D eigenvalue weighted by molar-refractivity contribution is 5.63. The van der Waals surface area contributed by atoms with Crippen LogP contribution in [0.3, 0.4) is 0 Å². The molecule has 0 unspecified atom stereocenters. The highest BCUT2D eigenvalue weighted by atomic mass is 16.5. The molecule has 0 atom stereocenters. The summed E-state index contributed by atoms with van der Waals surface area (Å²) >= 11 is 0. The molecule has 5 aromatic rings. The quantitative estimate of drug-likeness (QED) is 0.197. The molecule has 0 fully saturated rings. The molecule has 36 heavy (non-hydrogen) atoms. The monoisotopic (exact) mass is 475 g/mol. The van der Waals surface area contributed by atoms with Crippen LogP contribution in [0.5, 0.6) is 34.5 Å². The van der Waals surface area contributed by atoms with Crippen molar-refractivity contribution in [1.29, 1.82) is 0 Å². The van der Waals surface area contributed by atoms with Crippen molar-refractivity contribution in [3.8, 4) is 34.5 Å². The number of hydrogen-bond donors (Lipinski definition) is 3. The Morgan fingerprint density at radius 1 is 0.389 bits per heavy atom. The number of ether oxygens (including phenoxy) is 3. The molecule has 0 aliphatic carbocycles. The predicted molar refractivity (Wildman–Crippen MR) is 145 cm³/mol. The normalized spacial score (nSPS) is 10.4. The summed E-state index contributed by atoms with van der Waals surface area (Å²) in [5.74, 6) is 4.06. The Bertz CT molecular complexity index is 1380. The molecule has 6 nitrogen and oxygen atoms in total. The van der Waals surface area contributed by atoms with Crippen LogP contribution in [0.1, 0.15) is 0 Å². The van der Waals surface area contributed by atoms with Gasteiger partial charge in [-0.3, -0.25) is 0 Å². The molecule has 5 rings (SSSR count). The Morgan fingerprint density at radius 2 is 0.722 bits per heavy atom. The molecule has 0 heterocycles. The highest BCUT2D eigenvalue weighted by Crippen LogP contribution is 2.31. The third-order valence-electron chi connectivity index (χ3n) is 5.19. The van der Waals surface area contributed by atoms with Gasteiger partial charge in [0.25, 0.3) is 0 Å². The summed E-state index contributed by atoms with van der Waals surface area (Å²) < 4.78 is 17.9. The minimum atomic E-state index is 0.645. The van der Waals surface area contributed by atoms with E-state index in [1.807, 2.05) is 109 Å². The Kier molecular flexibility index (Phi) is 6.58. The zero-order valence-electron chi connectivity index (χ0n) is 19.4. The molecule has 5 aromatic carbocycles. The maximum absolute atomic E-state index is 6.09. The van der Waals surface area contributed by atoms with Crippen LogP contribution in [0, 0.1) is 0 Å². The first-order chi connectivity index (χ1) is 17.6. The largest absolute Gasteiger partial charge is 0.457 e. The fraction of sp³-hybridized carbons (Fsp3) is 0. The van der Waals surface area contributed by atoms with Gasteiger partial charge in [0.2, 0.25) is 0 Å². The average molecular weight is 476 g/mol. The van der Waals surface area contributed by atoms with Crippen LogP contribution in [0.4, 0.5) is 22.7 Å². The molecular weight excluding hydrogens is 450 g/mol. The third kappa shape index (κ3) is 6.07. The summed E-state index contributed by atoms with van der Waals surface area (Å²) in [5, 5.41) is 3.40. The predicted octanol–water partition coefficient (Wildman–Crippen LogP) is 7.97. The second-order valence-corrected chi connectivity index (χ2v) is 8.11. The fourth-order valence-corrected chi connectivity index (χ4v) is 3.61. The van der Waals surface area contributed by atoms with E-state index in [4.69, 9.17) is 25.7 Å². The first kappa shape index (κ1) is 22.7. The van der Waals surface area contributed by atoms with Crippen LogP contribution in [0.15, 0.2) is 121 Å². The molecule has 178 valence electrons. The Morgan fingerprint density at radius 3 is 1.14 bits per heavy atom. The van der Waals surface area contributed by atoms with Crippen LogP contribution < -0.4 is 31.0 Å². The van der Waals surface area contributed by atoms with E-state index in [9.17, 15) is 0 Å². The van der Waals surface area contributed by atoms with Crippen molar-refractivity contribution in [2.24, 2.45) is 0 Å². The molecule has 0 radical (unpaired) electrons. The van der Waals surface area contributed by atoms with E-state index in [0.29, 0.717) is 45.9 Å². The molecule has 0 bridgehead atoms. The molecule has 0 spiro atoms. The number of rotatable bonds is 8. The van der Waals surface area contributed by atoms with Gasteiger partial charge in [-0.1, -0.05) is 30.3 Å². The van der Waals surface area contributed by atoms with E-state index in [1.165, 1.54) is 0 Å². The number of nitrogen functional groups attached to an aromatic ring is 2. The van der Waals surface area contributed by atoms with Gasteiger partial charge in [0.1, 0.15) is 34.5 Å². The third-order valence-corrected chi connectivity index (χ3v) is 5.19. The summed E-state index contributed by atoms with van der Waals surface area (Å²) in [5.41, 5.74) is 14.7. The second-order valence-electron chi connectivity index (χ2n) is 8.11. The van der Waals surface area contributed by atoms with Gasteiger partial charge < -0.3 is 31.0 Å². The average Bonchev–Trinajstić information content (AvgIpc) is 2.85. The molecule has 0 saturated carbocycles. The smallest absolute Gasteiger partial charge is 0.131 e.